The summed E-state index contributed by atoms with van der Waals surface area (Å²) in [6, 6.07) is 5.19. The number of aromatic amines is 1. The first kappa shape index (κ1) is 18.2. The van der Waals surface area contributed by atoms with Crippen LogP contribution in [0.15, 0.2) is 29.2 Å². The maximum Gasteiger partial charge on any atom is 0.257 e. The molecule has 0 saturated carbocycles. The zero-order valence-electron chi connectivity index (χ0n) is 14.7. The van der Waals surface area contributed by atoms with Gasteiger partial charge >= 0.3 is 0 Å². The van der Waals surface area contributed by atoms with Gasteiger partial charge in [0.25, 0.3) is 5.91 Å². The fraction of sp³-hybridized carbons (Fsp3) is 0.474. The Bertz CT molecular complexity index is 780. The molecule has 0 saturated heterocycles. The lowest BCUT2D eigenvalue weighted by atomic mass is 9.98. The van der Waals surface area contributed by atoms with Crippen LogP contribution in [0.4, 0.5) is 0 Å². The number of H-pyrrole nitrogens is 1. The average Bonchev–Trinajstić information content (AvgIpc) is 2.58. The maximum absolute atomic E-state index is 12.7. The number of aliphatic hydroxyl groups is 1. The zero-order valence-corrected chi connectivity index (χ0v) is 14.7. The predicted molar refractivity (Wildman–Crippen MR) is 96.5 cm³/mol. The molecular formula is C19H26N2O3. The number of para-hydroxylation sites is 1. The lowest BCUT2D eigenvalue weighted by Gasteiger charge is -2.22. The Morgan fingerprint density at radius 2 is 2.00 bits per heavy atom. The van der Waals surface area contributed by atoms with Crippen LogP contribution in [0.25, 0.3) is 10.9 Å². The fourth-order valence-corrected chi connectivity index (χ4v) is 2.82. The predicted octanol–water partition coefficient (Wildman–Crippen LogP) is 2.79. The largest absolute Gasteiger partial charge is 0.394 e. The average molecular weight is 330 g/mol. The quantitative estimate of drug-likeness (QED) is 0.761. The van der Waals surface area contributed by atoms with Gasteiger partial charge in [0.2, 0.25) is 5.43 Å². The van der Waals surface area contributed by atoms with E-state index in [0.29, 0.717) is 5.39 Å². The molecule has 0 bridgehead atoms. The monoisotopic (exact) mass is 330 g/mol. The van der Waals surface area contributed by atoms with Crippen molar-refractivity contribution >= 4 is 16.8 Å². The standard InChI is InChI=1S/C19H26N2O3/c1-5-12(4)16(10-22)21-19(24)15-9-20-17-13(11(2)3)7-6-8-14(17)18(15)23/h6-9,11-12,16,22H,5,10H2,1-4H3,(H,20,23)(H,21,24). The van der Waals surface area contributed by atoms with Crippen LogP contribution in [0.3, 0.4) is 0 Å². The number of benzene rings is 1. The lowest BCUT2D eigenvalue weighted by Crippen LogP contribution is -2.43. The van der Waals surface area contributed by atoms with Crippen molar-refractivity contribution in [3.8, 4) is 0 Å². The summed E-state index contributed by atoms with van der Waals surface area (Å²) >= 11 is 0. The minimum atomic E-state index is -0.451. The van der Waals surface area contributed by atoms with E-state index in [2.05, 4.69) is 24.1 Å². The molecule has 5 heteroatoms. The maximum atomic E-state index is 12.7. The molecule has 3 N–H and O–H groups in total. The number of aromatic nitrogens is 1. The number of pyridine rings is 1. The van der Waals surface area contributed by atoms with Crippen molar-refractivity contribution < 1.29 is 9.90 Å². The molecule has 0 aliphatic rings. The Morgan fingerprint density at radius 3 is 2.58 bits per heavy atom. The number of nitrogens with one attached hydrogen (secondary N) is 2. The minimum Gasteiger partial charge on any atom is -0.394 e. The van der Waals surface area contributed by atoms with Gasteiger partial charge in [0.1, 0.15) is 5.56 Å². The molecule has 1 amide bonds. The molecule has 5 nitrogen and oxygen atoms in total. The minimum absolute atomic E-state index is 0.0742. The Labute approximate surface area is 142 Å². The van der Waals surface area contributed by atoms with Crippen molar-refractivity contribution in [3.63, 3.8) is 0 Å². The van der Waals surface area contributed by atoms with Crippen molar-refractivity contribution in [1.82, 2.24) is 10.3 Å². The molecule has 1 aromatic carbocycles. The van der Waals surface area contributed by atoms with Gasteiger partial charge in [0.05, 0.1) is 18.2 Å². The summed E-state index contributed by atoms with van der Waals surface area (Å²) in [5, 5.41) is 12.7. The summed E-state index contributed by atoms with van der Waals surface area (Å²) < 4.78 is 0. The van der Waals surface area contributed by atoms with E-state index < -0.39 is 5.91 Å². The van der Waals surface area contributed by atoms with Crippen LogP contribution in [-0.2, 0) is 0 Å². The summed E-state index contributed by atoms with van der Waals surface area (Å²) in [5.74, 6) is -0.0494. The summed E-state index contributed by atoms with van der Waals surface area (Å²) in [6.07, 6.45) is 2.30. The Morgan fingerprint density at radius 1 is 1.29 bits per heavy atom. The lowest BCUT2D eigenvalue weighted by molar-refractivity contribution is 0.0890. The number of hydrogen-bond donors (Lipinski definition) is 3. The van der Waals surface area contributed by atoms with Crippen LogP contribution in [-0.4, -0.2) is 28.6 Å². The first-order valence-electron chi connectivity index (χ1n) is 8.46. The van der Waals surface area contributed by atoms with E-state index in [4.69, 9.17) is 0 Å². The van der Waals surface area contributed by atoms with Crippen LogP contribution in [0.2, 0.25) is 0 Å². The van der Waals surface area contributed by atoms with Gasteiger partial charge in [-0.25, -0.2) is 0 Å². The topological polar surface area (TPSA) is 82.2 Å². The number of hydrogen-bond acceptors (Lipinski definition) is 3. The molecule has 130 valence electrons. The summed E-state index contributed by atoms with van der Waals surface area (Å²) in [5.41, 5.74) is 1.61. The summed E-state index contributed by atoms with van der Waals surface area (Å²) in [4.78, 5) is 28.3. The molecular weight excluding hydrogens is 304 g/mol. The second-order valence-corrected chi connectivity index (χ2v) is 6.60. The van der Waals surface area contributed by atoms with Gasteiger partial charge in [-0.3, -0.25) is 9.59 Å². The molecule has 0 aliphatic heterocycles. The highest BCUT2D eigenvalue weighted by molar-refractivity contribution is 5.97. The van der Waals surface area contributed by atoms with E-state index in [9.17, 15) is 14.7 Å². The summed E-state index contributed by atoms with van der Waals surface area (Å²) in [6.45, 7) is 7.93. The number of carbonyl (C=O) groups is 1. The molecule has 1 heterocycles. The molecule has 2 aromatic rings. The van der Waals surface area contributed by atoms with Gasteiger partial charge in [0, 0.05) is 11.6 Å². The van der Waals surface area contributed by atoms with E-state index in [1.165, 1.54) is 6.20 Å². The first-order valence-corrected chi connectivity index (χ1v) is 8.46. The Balaban J connectivity index is 2.42. The van der Waals surface area contributed by atoms with Crippen molar-refractivity contribution in [2.75, 3.05) is 6.61 Å². The smallest absolute Gasteiger partial charge is 0.257 e. The van der Waals surface area contributed by atoms with Gasteiger partial charge in [-0.1, -0.05) is 46.2 Å². The van der Waals surface area contributed by atoms with Crippen LogP contribution in [0.5, 0.6) is 0 Å². The normalized spacial score (nSPS) is 13.9. The molecule has 2 unspecified atom stereocenters. The highest BCUT2D eigenvalue weighted by atomic mass is 16.3. The van der Waals surface area contributed by atoms with Crippen molar-refractivity contribution in [3.05, 3.63) is 45.7 Å². The molecule has 0 spiro atoms. The van der Waals surface area contributed by atoms with Crippen molar-refractivity contribution in [2.45, 2.75) is 46.1 Å². The molecule has 0 fully saturated rings. The van der Waals surface area contributed by atoms with Crippen LogP contribution in [0.1, 0.15) is 56.0 Å². The Kier molecular flexibility index (Phi) is 5.78. The molecule has 24 heavy (non-hydrogen) atoms. The summed E-state index contributed by atoms with van der Waals surface area (Å²) in [7, 11) is 0. The van der Waals surface area contributed by atoms with Crippen LogP contribution in [0, 0.1) is 5.92 Å². The number of fused-ring (bicyclic) bond motifs is 1. The van der Waals surface area contributed by atoms with E-state index in [1.807, 2.05) is 26.0 Å². The van der Waals surface area contributed by atoms with E-state index in [0.717, 1.165) is 17.5 Å². The van der Waals surface area contributed by atoms with Crippen LogP contribution < -0.4 is 10.7 Å². The highest BCUT2D eigenvalue weighted by Crippen LogP contribution is 2.22. The van der Waals surface area contributed by atoms with Gasteiger partial charge in [-0.2, -0.15) is 0 Å². The highest BCUT2D eigenvalue weighted by Gasteiger charge is 2.21. The van der Waals surface area contributed by atoms with Gasteiger partial charge in [0.15, 0.2) is 0 Å². The molecule has 2 rings (SSSR count). The second-order valence-electron chi connectivity index (χ2n) is 6.60. The van der Waals surface area contributed by atoms with E-state index in [-0.39, 0.29) is 35.5 Å². The number of carbonyl (C=O) groups excluding carboxylic acids is 1. The molecule has 0 radical (unpaired) electrons. The van der Waals surface area contributed by atoms with Gasteiger partial charge in [-0.15, -0.1) is 0 Å². The SMILES string of the molecule is CCC(C)C(CO)NC(=O)c1c[nH]c2c(C(C)C)cccc2c1=O. The first-order chi connectivity index (χ1) is 11.4. The van der Waals surface area contributed by atoms with Crippen molar-refractivity contribution in [1.29, 1.82) is 0 Å². The number of rotatable bonds is 6. The van der Waals surface area contributed by atoms with E-state index in [1.54, 1.807) is 6.07 Å². The third-order valence-electron chi connectivity index (χ3n) is 4.66. The molecule has 1 aromatic heterocycles. The third-order valence-corrected chi connectivity index (χ3v) is 4.66. The van der Waals surface area contributed by atoms with Gasteiger partial charge < -0.3 is 15.4 Å². The Hall–Kier alpha value is -2.14. The van der Waals surface area contributed by atoms with Gasteiger partial charge in [-0.05, 0) is 23.5 Å². The third kappa shape index (κ3) is 3.51. The molecule has 2 atom stereocenters. The second kappa shape index (κ2) is 7.62. The number of aliphatic hydroxyl groups excluding tert-OH is 1. The van der Waals surface area contributed by atoms with Crippen LogP contribution >= 0.6 is 0 Å². The zero-order chi connectivity index (χ0) is 17.9. The number of amides is 1. The fourth-order valence-electron chi connectivity index (χ4n) is 2.82. The molecule has 0 aliphatic carbocycles. The van der Waals surface area contributed by atoms with E-state index >= 15 is 0 Å². The van der Waals surface area contributed by atoms with Crippen molar-refractivity contribution in [2.24, 2.45) is 5.92 Å².